The van der Waals surface area contributed by atoms with E-state index >= 15 is 0 Å². The van der Waals surface area contributed by atoms with Crippen molar-refractivity contribution in [3.63, 3.8) is 0 Å². The number of nitrogens with zero attached hydrogens (tertiary/aromatic N) is 3. The highest BCUT2D eigenvalue weighted by Crippen LogP contribution is 2.31. The van der Waals surface area contributed by atoms with Gasteiger partial charge in [0.25, 0.3) is 0 Å². The highest BCUT2D eigenvalue weighted by atomic mass is 16.7. The van der Waals surface area contributed by atoms with E-state index < -0.39 is 5.41 Å². The first-order valence-corrected chi connectivity index (χ1v) is 11.4. The fourth-order valence-electron chi connectivity index (χ4n) is 3.38. The summed E-state index contributed by atoms with van der Waals surface area (Å²) in [5, 5.41) is 4.56. The van der Waals surface area contributed by atoms with Crippen molar-refractivity contribution in [2.45, 2.75) is 67.2 Å². The lowest BCUT2D eigenvalue weighted by molar-refractivity contribution is -0.162. The third kappa shape index (κ3) is 6.12. The Kier molecular flexibility index (Phi) is 8.28. The molecule has 0 N–H and O–H groups in total. The van der Waals surface area contributed by atoms with Gasteiger partial charge in [0, 0.05) is 31.4 Å². The van der Waals surface area contributed by atoms with Gasteiger partial charge in [-0.3, -0.25) is 14.5 Å². The zero-order chi connectivity index (χ0) is 25.0. The Labute approximate surface area is 198 Å². The Morgan fingerprint density at radius 2 is 1.70 bits per heavy atom. The van der Waals surface area contributed by atoms with E-state index in [9.17, 15) is 4.79 Å². The normalized spacial score (nSPS) is 13.3. The zero-order valence-electron chi connectivity index (χ0n) is 21.9. The number of aromatic nitrogens is 2. The first kappa shape index (κ1) is 26.4. The van der Waals surface area contributed by atoms with E-state index in [2.05, 4.69) is 55.1 Å². The van der Waals surface area contributed by atoms with Crippen molar-refractivity contribution in [1.29, 1.82) is 0 Å². The first-order chi connectivity index (χ1) is 15.3. The Balaban J connectivity index is 2.58. The number of esters is 1. The fourth-order valence-corrected chi connectivity index (χ4v) is 3.38. The molecule has 0 aliphatic rings. The van der Waals surface area contributed by atoms with Gasteiger partial charge in [-0.25, -0.2) is 0 Å². The molecule has 0 saturated carbocycles. The summed E-state index contributed by atoms with van der Waals surface area (Å²) < 4.78 is 13.5. The standard InChI is InChI=1S/C27H39N3O3/c1-11-27(7,8)25(31)33-17-32-24(23-18(2)19(3)29-30(23)10)22(16-28-9)20-12-14-21(15-13-20)26(4,5)6/h12-16H,11,17H2,1-10H3/b24-22-,28-16-. The Bertz CT molecular complexity index is 1040. The van der Waals surface area contributed by atoms with E-state index in [4.69, 9.17) is 9.47 Å². The van der Waals surface area contributed by atoms with Crippen LogP contribution >= 0.6 is 0 Å². The molecule has 0 fully saturated rings. The maximum absolute atomic E-state index is 12.5. The summed E-state index contributed by atoms with van der Waals surface area (Å²) in [5.74, 6) is 0.286. The van der Waals surface area contributed by atoms with Crippen LogP contribution in [0.1, 0.15) is 76.0 Å². The second-order valence-corrected chi connectivity index (χ2v) is 10.1. The number of carbonyl (C=O) groups is 1. The molecule has 1 aromatic heterocycles. The molecule has 0 amide bonds. The number of allylic oxidation sites excluding steroid dienone is 1. The van der Waals surface area contributed by atoms with E-state index in [0.29, 0.717) is 12.2 Å². The van der Waals surface area contributed by atoms with Crippen molar-refractivity contribution in [3.05, 3.63) is 52.3 Å². The summed E-state index contributed by atoms with van der Waals surface area (Å²) in [4.78, 5) is 16.8. The molecular formula is C27H39N3O3. The second kappa shape index (κ2) is 10.4. The van der Waals surface area contributed by atoms with Crippen LogP contribution in [0.3, 0.4) is 0 Å². The van der Waals surface area contributed by atoms with Crippen molar-refractivity contribution >= 4 is 23.5 Å². The fraction of sp³-hybridized carbons (Fsp3) is 0.519. The molecule has 0 bridgehead atoms. The lowest BCUT2D eigenvalue weighted by atomic mass is 9.86. The van der Waals surface area contributed by atoms with Gasteiger partial charge in [-0.15, -0.1) is 0 Å². The van der Waals surface area contributed by atoms with E-state index in [0.717, 1.165) is 28.1 Å². The van der Waals surface area contributed by atoms with Gasteiger partial charge in [0.2, 0.25) is 6.79 Å². The van der Waals surface area contributed by atoms with Crippen molar-refractivity contribution in [3.8, 4) is 0 Å². The number of aryl methyl sites for hydroxylation is 2. The number of hydrogen-bond donors (Lipinski definition) is 0. The van der Waals surface area contributed by atoms with E-state index in [1.54, 1.807) is 17.9 Å². The van der Waals surface area contributed by atoms with Crippen LogP contribution in [0.2, 0.25) is 0 Å². The van der Waals surface area contributed by atoms with Crippen LogP contribution in [0.15, 0.2) is 29.3 Å². The predicted octanol–water partition coefficient (Wildman–Crippen LogP) is 5.86. The first-order valence-electron chi connectivity index (χ1n) is 11.4. The van der Waals surface area contributed by atoms with E-state index in [-0.39, 0.29) is 18.2 Å². The predicted molar refractivity (Wildman–Crippen MR) is 135 cm³/mol. The molecule has 0 spiro atoms. The number of aliphatic imine (C=N–C) groups is 1. The quantitative estimate of drug-likeness (QED) is 0.217. The minimum Gasteiger partial charge on any atom is -0.454 e. The largest absolute Gasteiger partial charge is 0.454 e. The van der Waals surface area contributed by atoms with Gasteiger partial charge in [0.1, 0.15) is 5.69 Å². The van der Waals surface area contributed by atoms with Gasteiger partial charge in [-0.05, 0) is 50.7 Å². The molecule has 0 unspecified atom stereocenters. The maximum atomic E-state index is 12.5. The molecule has 0 saturated heterocycles. The summed E-state index contributed by atoms with van der Waals surface area (Å²) in [5.41, 5.74) is 5.23. The SMILES string of the molecule is CCC(C)(C)C(=O)OCO/C(=C(/C=N\C)c1ccc(C(C)(C)C)cc1)c1c(C)c(C)nn1C. The smallest absolute Gasteiger partial charge is 0.314 e. The van der Waals surface area contributed by atoms with Crippen LogP contribution in [-0.2, 0) is 26.7 Å². The molecule has 2 aromatic rings. The maximum Gasteiger partial charge on any atom is 0.314 e. The molecular weight excluding hydrogens is 414 g/mol. The average Bonchev–Trinajstić information content (AvgIpc) is 3.00. The van der Waals surface area contributed by atoms with Crippen LogP contribution < -0.4 is 0 Å². The molecule has 2 rings (SSSR count). The van der Waals surface area contributed by atoms with Crippen molar-refractivity contribution in [1.82, 2.24) is 9.78 Å². The lowest BCUT2D eigenvalue weighted by Gasteiger charge is -2.22. The Morgan fingerprint density at radius 1 is 1.09 bits per heavy atom. The lowest BCUT2D eigenvalue weighted by Crippen LogP contribution is -2.26. The molecule has 6 nitrogen and oxygen atoms in total. The van der Waals surface area contributed by atoms with Gasteiger partial charge < -0.3 is 9.47 Å². The molecule has 33 heavy (non-hydrogen) atoms. The molecule has 180 valence electrons. The second-order valence-electron chi connectivity index (χ2n) is 10.1. The van der Waals surface area contributed by atoms with Crippen molar-refractivity contribution < 1.29 is 14.3 Å². The summed E-state index contributed by atoms with van der Waals surface area (Å²) in [6, 6.07) is 8.40. The van der Waals surface area contributed by atoms with Gasteiger partial charge in [0.05, 0.1) is 11.1 Å². The Morgan fingerprint density at radius 3 is 2.15 bits per heavy atom. The highest BCUT2D eigenvalue weighted by Gasteiger charge is 2.28. The third-order valence-corrected chi connectivity index (χ3v) is 6.13. The van der Waals surface area contributed by atoms with Gasteiger partial charge >= 0.3 is 5.97 Å². The topological polar surface area (TPSA) is 65.7 Å². The number of hydrogen-bond acceptors (Lipinski definition) is 5. The van der Waals surface area contributed by atoms with Crippen molar-refractivity contribution in [2.24, 2.45) is 17.5 Å². The van der Waals surface area contributed by atoms with Crippen LogP contribution in [0.4, 0.5) is 0 Å². The van der Waals surface area contributed by atoms with Crippen LogP contribution in [0.5, 0.6) is 0 Å². The minimum atomic E-state index is -0.567. The highest BCUT2D eigenvalue weighted by molar-refractivity contribution is 6.18. The minimum absolute atomic E-state index is 0.0522. The van der Waals surface area contributed by atoms with Gasteiger partial charge in [-0.2, -0.15) is 5.10 Å². The van der Waals surface area contributed by atoms with Crippen LogP contribution in [-0.4, -0.2) is 35.8 Å². The summed E-state index contributed by atoms with van der Waals surface area (Å²) in [7, 11) is 3.61. The van der Waals surface area contributed by atoms with Crippen LogP contribution in [0, 0.1) is 19.3 Å². The molecule has 0 aliphatic carbocycles. The Hall–Kier alpha value is -2.89. The number of rotatable bonds is 8. The summed E-state index contributed by atoms with van der Waals surface area (Å²) >= 11 is 0. The van der Waals surface area contributed by atoms with Gasteiger partial charge in [0.15, 0.2) is 5.76 Å². The van der Waals surface area contributed by atoms with Crippen molar-refractivity contribution in [2.75, 3.05) is 13.8 Å². The molecule has 6 heteroatoms. The van der Waals surface area contributed by atoms with Gasteiger partial charge in [-0.1, -0.05) is 52.0 Å². The molecule has 0 aliphatic heterocycles. The zero-order valence-corrected chi connectivity index (χ0v) is 21.9. The van der Waals surface area contributed by atoms with E-state index in [1.807, 2.05) is 41.7 Å². The van der Waals surface area contributed by atoms with Crippen LogP contribution in [0.25, 0.3) is 11.3 Å². The summed E-state index contributed by atoms with van der Waals surface area (Å²) in [6.45, 7) is 16.1. The summed E-state index contributed by atoms with van der Waals surface area (Å²) in [6.07, 6.45) is 2.46. The van der Waals surface area contributed by atoms with E-state index in [1.165, 1.54) is 5.56 Å². The monoisotopic (exact) mass is 453 g/mol. The molecule has 0 atom stereocenters. The average molecular weight is 454 g/mol. The third-order valence-electron chi connectivity index (χ3n) is 6.13. The number of carbonyl (C=O) groups excluding carboxylic acids is 1. The molecule has 1 aromatic carbocycles. The number of benzene rings is 1. The molecule has 0 radical (unpaired) electrons. The number of ether oxygens (including phenoxy) is 2. The molecule has 1 heterocycles.